The monoisotopic (exact) mass is 756 g/mol. The third-order valence-electron chi connectivity index (χ3n) is 9.00. The average molecular weight is 757 g/mol. The second kappa shape index (κ2) is 12.4. The Bertz CT molecular complexity index is 1980. The van der Waals surface area contributed by atoms with Crippen molar-refractivity contribution in [2.24, 2.45) is 0 Å². The summed E-state index contributed by atoms with van der Waals surface area (Å²) in [5, 5.41) is 0.886. The van der Waals surface area contributed by atoms with Gasteiger partial charge in [-0.1, -0.05) is 59.7 Å². The van der Waals surface area contributed by atoms with Crippen LogP contribution >= 0.6 is 15.8 Å². The molecule has 51 heavy (non-hydrogen) atoms. The highest BCUT2D eigenvalue weighted by Crippen LogP contribution is 2.61. The second-order valence-corrected chi connectivity index (χ2v) is 20.6. The summed E-state index contributed by atoms with van der Waals surface area (Å²) >= 11 is 0. The second-order valence-electron chi connectivity index (χ2n) is 14.8. The minimum absolute atomic E-state index is 0.104. The van der Waals surface area contributed by atoms with E-state index in [9.17, 15) is 39.5 Å². The van der Waals surface area contributed by atoms with Crippen molar-refractivity contribution in [1.82, 2.24) is 0 Å². The molecule has 2 aliphatic heterocycles. The maximum Gasteiger partial charge on any atom is 0.416 e. The third kappa shape index (κ3) is 7.10. The molecule has 0 radical (unpaired) electrons. The lowest BCUT2D eigenvalue weighted by Crippen LogP contribution is -2.22. The molecule has 0 fully saturated rings. The fourth-order valence-electron chi connectivity index (χ4n) is 6.52. The van der Waals surface area contributed by atoms with Crippen LogP contribution in [0.3, 0.4) is 0 Å². The summed E-state index contributed by atoms with van der Waals surface area (Å²) in [4.78, 5) is 0. The first-order chi connectivity index (χ1) is 23.4. The first-order valence-corrected chi connectivity index (χ1v) is 19.1. The molecule has 2 atom stereocenters. The number of hydrogen-bond acceptors (Lipinski definition) is 2. The molecule has 2 nitrogen and oxygen atoms in total. The molecule has 0 aromatic heterocycles. The Labute approximate surface area is 292 Å². The molecule has 0 aliphatic carbocycles. The van der Waals surface area contributed by atoms with Crippen molar-refractivity contribution in [3.63, 3.8) is 0 Å². The molecule has 2 heterocycles. The first kappa shape index (κ1) is 37.5. The van der Waals surface area contributed by atoms with Crippen LogP contribution in [0.5, 0.6) is 11.5 Å². The minimum Gasteiger partial charge on any atom is -0.488 e. The van der Waals surface area contributed by atoms with Crippen LogP contribution in [0.1, 0.15) is 63.8 Å². The van der Waals surface area contributed by atoms with Gasteiger partial charge in [0.2, 0.25) is 0 Å². The molecule has 0 amide bonds. The number of alkyl halides is 9. The van der Waals surface area contributed by atoms with Crippen molar-refractivity contribution in [3.05, 3.63) is 82.9 Å². The lowest BCUT2D eigenvalue weighted by Gasteiger charge is -2.30. The van der Waals surface area contributed by atoms with Crippen LogP contribution in [0, 0.1) is 6.92 Å². The smallest absolute Gasteiger partial charge is 0.416 e. The van der Waals surface area contributed by atoms with Crippen molar-refractivity contribution in [3.8, 4) is 44.9 Å². The van der Waals surface area contributed by atoms with E-state index in [0.717, 1.165) is 23.0 Å². The van der Waals surface area contributed by atoms with E-state index in [2.05, 4.69) is 20.8 Å². The summed E-state index contributed by atoms with van der Waals surface area (Å²) in [5.41, 5.74) is -1.05. The SMILES string of the molecule is Cc1cc(-c2ccc(-c3ccc(-c4cc(C(F)(F)F)cc(C(F)(F)F)c4)c4c3[P@@](C(C)(C)C)CO4)c3c2OC[P@]3C(C)(C)C)cc(C(F)(F)F)c1. The Morgan fingerprint density at radius 1 is 0.471 bits per heavy atom. The van der Waals surface area contributed by atoms with Gasteiger partial charge in [-0.25, -0.2) is 0 Å². The summed E-state index contributed by atoms with van der Waals surface area (Å²) in [7, 11) is -2.22. The summed E-state index contributed by atoms with van der Waals surface area (Å²) in [6.45, 7) is 13.8. The number of ether oxygens (including phenoxy) is 2. The minimum atomic E-state index is -5.03. The topological polar surface area (TPSA) is 18.5 Å². The van der Waals surface area contributed by atoms with Gasteiger partial charge < -0.3 is 9.47 Å². The van der Waals surface area contributed by atoms with E-state index in [1.165, 1.54) is 6.07 Å². The van der Waals surface area contributed by atoms with E-state index in [1.54, 1.807) is 25.1 Å². The zero-order chi connectivity index (χ0) is 37.6. The largest absolute Gasteiger partial charge is 0.488 e. The molecule has 0 spiro atoms. The Morgan fingerprint density at radius 2 is 0.804 bits per heavy atom. The molecule has 4 aromatic carbocycles. The summed E-state index contributed by atoms with van der Waals surface area (Å²) in [6.07, 6.45) is -14.1. The highest BCUT2D eigenvalue weighted by atomic mass is 31.1. The van der Waals surface area contributed by atoms with E-state index in [0.29, 0.717) is 51.8 Å². The van der Waals surface area contributed by atoms with Gasteiger partial charge in [0.15, 0.2) is 0 Å². The van der Waals surface area contributed by atoms with E-state index in [1.807, 2.05) is 26.8 Å². The Balaban J connectivity index is 1.63. The molecule has 0 unspecified atom stereocenters. The third-order valence-corrected chi connectivity index (χ3v) is 15.0. The molecule has 2 aliphatic rings. The zero-order valence-electron chi connectivity index (χ0n) is 28.8. The van der Waals surface area contributed by atoms with Crippen LogP contribution in [-0.2, 0) is 18.5 Å². The standard InChI is InChI=1S/C38H35F9O2P2/c1-20-12-21(14-23(13-20)36(39,40)41)26-8-10-28(32-30(26)48-18-50(32)34(2,3)4)29-11-9-27(31-33(29)51(19-49-31)35(5,6)7)22-15-24(37(42,43)44)17-25(16-22)38(45,46)47/h8-17H,18-19H2,1-7H3/t50-,51-/m0/s1. The fourth-order valence-corrected chi connectivity index (χ4v) is 11.2. The Hall–Kier alpha value is -3.29. The van der Waals surface area contributed by atoms with Crippen molar-refractivity contribution < 1.29 is 49.0 Å². The van der Waals surface area contributed by atoms with E-state index >= 15 is 0 Å². The number of halogens is 9. The maximum absolute atomic E-state index is 13.9. The highest BCUT2D eigenvalue weighted by molar-refractivity contribution is 7.68. The summed E-state index contributed by atoms with van der Waals surface area (Å²) in [5.74, 6) is 0.697. The van der Waals surface area contributed by atoms with Gasteiger partial charge in [-0.2, -0.15) is 39.5 Å². The summed E-state index contributed by atoms with van der Waals surface area (Å²) < 4.78 is 138. The highest BCUT2D eigenvalue weighted by Gasteiger charge is 2.43. The molecular weight excluding hydrogens is 721 g/mol. The van der Waals surface area contributed by atoms with Crippen LogP contribution < -0.4 is 20.1 Å². The van der Waals surface area contributed by atoms with Gasteiger partial charge in [-0.3, -0.25) is 0 Å². The van der Waals surface area contributed by atoms with Crippen LogP contribution in [0.2, 0.25) is 0 Å². The molecule has 0 N–H and O–H groups in total. The molecule has 0 saturated carbocycles. The predicted molar refractivity (Wildman–Crippen MR) is 186 cm³/mol. The number of rotatable bonds is 3. The lowest BCUT2D eigenvalue weighted by molar-refractivity contribution is -0.143. The lowest BCUT2D eigenvalue weighted by atomic mass is 9.93. The molecule has 272 valence electrons. The van der Waals surface area contributed by atoms with Crippen LogP contribution in [0.4, 0.5) is 39.5 Å². The molecule has 0 bridgehead atoms. The van der Waals surface area contributed by atoms with Gasteiger partial charge >= 0.3 is 18.5 Å². The number of aryl methyl sites for hydroxylation is 1. The Kier molecular flexibility index (Phi) is 9.11. The van der Waals surface area contributed by atoms with Crippen molar-refractivity contribution >= 4 is 26.5 Å². The molecule has 13 heteroatoms. The quantitative estimate of drug-likeness (QED) is 0.153. The van der Waals surface area contributed by atoms with Gasteiger partial charge in [0.25, 0.3) is 0 Å². The summed E-state index contributed by atoms with van der Waals surface area (Å²) in [6, 6.07) is 12.2. The molecule has 6 rings (SSSR count). The van der Waals surface area contributed by atoms with Gasteiger partial charge in [-0.05, 0) is 103 Å². The Morgan fingerprint density at radius 3 is 1.16 bits per heavy atom. The molecule has 4 aromatic rings. The number of fused-ring (bicyclic) bond motifs is 2. The van der Waals surface area contributed by atoms with E-state index in [4.69, 9.17) is 9.47 Å². The predicted octanol–water partition coefficient (Wildman–Crippen LogP) is 12.6. The van der Waals surface area contributed by atoms with E-state index < -0.39 is 51.1 Å². The number of hydrogen-bond donors (Lipinski definition) is 0. The molecule has 0 saturated heterocycles. The molecular formula is C38H35F9O2P2. The van der Waals surface area contributed by atoms with Crippen molar-refractivity contribution in [2.75, 3.05) is 12.7 Å². The van der Waals surface area contributed by atoms with Crippen LogP contribution in [0.15, 0.2) is 60.7 Å². The van der Waals surface area contributed by atoms with Gasteiger partial charge in [-0.15, -0.1) is 0 Å². The zero-order valence-corrected chi connectivity index (χ0v) is 30.6. The maximum atomic E-state index is 13.9. The van der Waals surface area contributed by atoms with Gasteiger partial charge in [0.05, 0.1) is 16.7 Å². The average Bonchev–Trinajstić information content (AvgIpc) is 3.65. The van der Waals surface area contributed by atoms with Crippen molar-refractivity contribution in [2.45, 2.75) is 77.3 Å². The van der Waals surface area contributed by atoms with E-state index in [-0.39, 0.29) is 39.6 Å². The first-order valence-electron chi connectivity index (χ1n) is 16.0. The van der Waals surface area contributed by atoms with Crippen molar-refractivity contribution in [1.29, 1.82) is 0 Å². The van der Waals surface area contributed by atoms with Gasteiger partial charge in [0, 0.05) is 21.7 Å². The van der Waals surface area contributed by atoms with Crippen LogP contribution in [-0.4, -0.2) is 23.0 Å². The van der Waals surface area contributed by atoms with Gasteiger partial charge in [0.1, 0.15) is 24.2 Å². The number of benzene rings is 4. The van der Waals surface area contributed by atoms with Crippen LogP contribution in [0.25, 0.3) is 33.4 Å². The normalized spacial score (nSPS) is 18.0. The fraction of sp³-hybridized carbons (Fsp3) is 0.368.